The predicted molar refractivity (Wildman–Crippen MR) is 97.3 cm³/mol. The lowest BCUT2D eigenvalue weighted by Gasteiger charge is -2.12. The van der Waals surface area contributed by atoms with Crippen LogP contribution in [0.15, 0.2) is 42.5 Å². The Balaban J connectivity index is 2.17. The number of carbonyl (C=O) groups is 2. The summed E-state index contributed by atoms with van der Waals surface area (Å²) in [5.74, 6) is 0.391. The van der Waals surface area contributed by atoms with Crippen molar-refractivity contribution in [3.8, 4) is 5.75 Å². The Labute approximate surface area is 148 Å². The molecule has 0 spiro atoms. The maximum Gasteiger partial charge on any atom is 0.255 e. The van der Waals surface area contributed by atoms with Crippen LogP contribution in [0.1, 0.15) is 46.5 Å². The van der Waals surface area contributed by atoms with Crippen LogP contribution in [0.4, 0.5) is 5.69 Å². The van der Waals surface area contributed by atoms with Gasteiger partial charge in [0, 0.05) is 29.0 Å². The Bertz CT molecular complexity index is 755. The van der Waals surface area contributed by atoms with Gasteiger partial charge in [0.15, 0.2) is 5.78 Å². The third kappa shape index (κ3) is 5.16. The number of benzene rings is 2. The molecule has 0 saturated heterocycles. The molecule has 1 amide bonds. The summed E-state index contributed by atoms with van der Waals surface area (Å²) in [6.45, 7) is 4.57. The molecule has 2 aromatic rings. The van der Waals surface area contributed by atoms with Crippen molar-refractivity contribution in [2.45, 2.75) is 26.9 Å². The monoisotopic (exact) mass is 341 g/mol. The van der Waals surface area contributed by atoms with Crippen LogP contribution in [0.3, 0.4) is 0 Å². The smallest absolute Gasteiger partial charge is 0.255 e. The Morgan fingerprint density at radius 1 is 1.08 bits per heavy atom. The summed E-state index contributed by atoms with van der Waals surface area (Å²) in [6, 6.07) is 12.1. The molecule has 132 valence electrons. The molecule has 0 aliphatic carbocycles. The third-order valence-corrected chi connectivity index (χ3v) is 3.68. The predicted octanol–water partition coefficient (Wildman–Crippen LogP) is 4.08. The Morgan fingerprint density at radius 3 is 2.56 bits per heavy atom. The van der Waals surface area contributed by atoms with Gasteiger partial charge < -0.3 is 14.8 Å². The number of carbonyl (C=O) groups excluding carboxylic acids is 2. The van der Waals surface area contributed by atoms with E-state index in [1.807, 2.05) is 6.92 Å². The summed E-state index contributed by atoms with van der Waals surface area (Å²) in [5, 5.41) is 2.81. The number of rotatable bonds is 8. The first-order valence-electron chi connectivity index (χ1n) is 8.22. The second-order valence-corrected chi connectivity index (χ2v) is 5.67. The van der Waals surface area contributed by atoms with Crippen molar-refractivity contribution in [1.82, 2.24) is 0 Å². The number of amides is 1. The Kier molecular flexibility index (Phi) is 6.71. The van der Waals surface area contributed by atoms with E-state index in [1.54, 1.807) is 49.6 Å². The van der Waals surface area contributed by atoms with Gasteiger partial charge in [-0.2, -0.15) is 0 Å². The molecule has 1 N–H and O–H groups in total. The zero-order valence-electron chi connectivity index (χ0n) is 14.8. The number of methoxy groups -OCH3 is 1. The van der Waals surface area contributed by atoms with Crippen LogP contribution < -0.4 is 10.1 Å². The van der Waals surface area contributed by atoms with Gasteiger partial charge in [-0.25, -0.2) is 0 Å². The zero-order chi connectivity index (χ0) is 18.2. The number of hydrogen-bond donors (Lipinski definition) is 1. The van der Waals surface area contributed by atoms with Gasteiger partial charge in [0.25, 0.3) is 5.91 Å². The van der Waals surface area contributed by atoms with E-state index in [-0.39, 0.29) is 11.7 Å². The molecule has 0 atom stereocenters. The fourth-order valence-electron chi connectivity index (χ4n) is 2.38. The standard InChI is InChI=1S/C20H23NO4/c1-4-10-25-13-17-11-16(8-9-19(17)24-3)20(23)21-18-7-5-6-15(12-18)14(2)22/h5-9,11-12H,4,10,13H2,1-3H3,(H,21,23). The number of Topliss-reactive ketones (excluding diaryl/α,β-unsaturated/α-hetero) is 1. The molecule has 2 rings (SSSR count). The Hall–Kier alpha value is -2.66. The SMILES string of the molecule is CCCOCc1cc(C(=O)Nc2cccc(C(C)=O)c2)ccc1OC. The van der Waals surface area contributed by atoms with Gasteiger partial charge in [0.1, 0.15) is 5.75 Å². The lowest BCUT2D eigenvalue weighted by molar-refractivity contribution is 0.101. The number of nitrogens with one attached hydrogen (secondary N) is 1. The van der Waals surface area contributed by atoms with Crippen molar-refractivity contribution in [3.05, 3.63) is 59.2 Å². The third-order valence-electron chi connectivity index (χ3n) is 3.68. The van der Waals surface area contributed by atoms with Gasteiger partial charge >= 0.3 is 0 Å². The second-order valence-electron chi connectivity index (χ2n) is 5.67. The molecule has 0 aliphatic heterocycles. The van der Waals surface area contributed by atoms with Crippen molar-refractivity contribution in [3.63, 3.8) is 0 Å². The zero-order valence-corrected chi connectivity index (χ0v) is 14.8. The van der Waals surface area contributed by atoms with Crippen LogP contribution in [-0.4, -0.2) is 25.4 Å². The summed E-state index contributed by atoms with van der Waals surface area (Å²) in [4.78, 5) is 24.0. The molecular weight excluding hydrogens is 318 g/mol. The van der Waals surface area contributed by atoms with Gasteiger partial charge in [-0.1, -0.05) is 19.1 Å². The van der Waals surface area contributed by atoms with E-state index in [2.05, 4.69) is 5.32 Å². The number of hydrogen-bond acceptors (Lipinski definition) is 4. The summed E-state index contributed by atoms with van der Waals surface area (Å²) < 4.78 is 10.9. The number of ketones is 1. The van der Waals surface area contributed by atoms with Crippen molar-refractivity contribution in [1.29, 1.82) is 0 Å². The normalized spacial score (nSPS) is 10.4. The fraction of sp³-hybridized carbons (Fsp3) is 0.300. The fourth-order valence-corrected chi connectivity index (χ4v) is 2.38. The highest BCUT2D eigenvalue weighted by Gasteiger charge is 2.11. The van der Waals surface area contributed by atoms with Crippen LogP contribution in [0.5, 0.6) is 5.75 Å². The molecule has 0 heterocycles. The van der Waals surface area contributed by atoms with Crippen LogP contribution in [-0.2, 0) is 11.3 Å². The van der Waals surface area contributed by atoms with E-state index in [1.165, 1.54) is 6.92 Å². The van der Waals surface area contributed by atoms with Gasteiger partial charge in [-0.15, -0.1) is 0 Å². The highest BCUT2D eigenvalue weighted by atomic mass is 16.5. The first kappa shape index (κ1) is 18.7. The largest absolute Gasteiger partial charge is 0.496 e. The summed E-state index contributed by atoms with van der Waals surface area (Å²) >= 11 is 0. The summed E-state index contributed by atoms with van der Waals surface area (Å²) in [5.41, 5.74) is 2.46. The minimum absolute atomic E-state index is 0.0455. The summed E-state index contributed by atoms with van der Waals surface area (Å²) in [7, 11) is 1.59. The van der Waals surface area contributed by atoms with Crippen LogP contribution >= 0.6 is 0 Å². The van der Waals surface area contributed by atoms with Crippen molar-refractivity contribution < 1.29 is 19.1 Å². The summed E-state index contributed by atoms with van der Waals surface area (Å²) in [6.07, 6.45) is 0.926. The van der Waals surface area contributed by atoms with E-state index in [9.17, 15) is 9.59 Å². The average molecular weight is 341 g/mol. The molecule has 5 heteroatoms. The highest BCUT2D eigenvalue weighted by Crippen LogP contribution is 2.22. The number of anilines is 1. The lowest BCUT2D eigenvalue weighted by atomic mass is 10.1. The average Bonchev–Trinajstić information content (AvgIpc) is 2.62. The van der Waals surface area contributed by atoms with Crippen LogP contribution in [0.25, 0.3) is 0 Å². The first-order chi connectivity index (χ1) is 12.0. The molecule has 0 radical (unpaired) electrons. The van der Waals surface area contributed by atoms with Crippen LogP contribution in [0.2, 0.25) is 0 Å². The molecule has 0 saturated carbocycles. The lowest BCUT2D eigenvalue weighted by Crippen LogP contribution is -2.13. The van der Waals surface area contributed by atoms with E-state index in [4.69, 9.17) is 9.47 Å². The van der Waals surface area contributed by atoms with Gasteiger partial charge in [-0.3, -0.25) is 9.59 Å². The van der Waals surface area contributed by atoms with E-state index in [0.29, 0.717) is 35.8 Å². The van der Waals surface area contributed by atoms with E-state index < -0.39 is 0 Å². The second kappa shape index (κ2) is 8.99. The molecule has 0 bridgehead atoms. The van der Waals surface area contributed by atoms with Gasteiger partial charge in [0.05, 0.1) is 13.7 Å². The quantitative estimate of drug-likeness (QED) is 0.580. The molecule has 0 fully saturated rings. The highest BCUT2D eigenvalue weighted by molar-refractivity contribution is 6.05. The topological polar surface area (TPSA) is 64.6 Å². The molecular formula is C20H23NO4. The van der Waals surface area contributed by atoms with E-state index >= 15 is 0 Å². The molecule has 0 unspecified atom stereocenters. The number of ether oxygens (including phenoxy) is 2. The molecule has 0 aliphatic rings. The van der Waals surface area contributed by atoms with Crippen molar-refractivity contribution >= 4 is 17.4 Å². The van der Waals surface area contributed by atoms with Gasteiger partial charge in [0.2, 0.25) is 0 Å². The Morgan fingerprint density at radius 2 is 1.88 bits per heavy atom. The molecule has 25 heavy (non-hydrogen) atoms. The first-order valence-corrected chi connectivity index (χ1v) is 8.22. The van der Waals surface area contributed by atoms with Crippen molar-refractivity contribution in [2.75, 3.05) is 19.0 Å². The maximum absolute atomic E-state index is 12.5. The van der Waals surface area contributed by atoms with Crippen LogP contribution in [0, 0.1) is 0 Å². The molecule has 2 aromatic carbocycles. The van der Waals surface area contributed by atoms with Gasteiger partial charge in [-0.05, 0) is 43.7 Å². The minimum Gasteiger partial charge on any atom is -0.496 e. The van der Waals surface area contributed by atoms with Crippen molar-refractivity contribution in [2.24, 2.45) is 0 Å². The minimum atomic E-state index is -0.250. The maximum atomic E-state index is 12.5. The molecule has 0 aromatic heterocycles. The molecule has 5 nitrogen and oxygen atoms in total. The van der Waals surface area contributed by atoms with E-state index in [0.717, 1.165) is 12.0 Å².